The number of H-pyrrole nitrogens is 1. The summed E-state index contributed by atoms with van der Waals surface area (Å²) >= 11 is 6.07. The highest BCUT2D eigenvalue weighted by atomic mass is 35.5. The molecular formula is C12H9ClN4. The minimum atomic E-state index is 0.572. The maximum absolute atomic E-state index is 6.07. The molecule has 0 amide bonds. The maximum Gasteiger partial charge on any atom is 0.178 e. The van der Waals surface area contributed by atoms with E-state index in [1.54, 1.807) is 18.6 Å². The number of nitrogens with zero attached hydrogens (tertiary/aromatic N) is 3. The third-order valence-electron chi connectivity index (χ3n) is 2.50. The first-order valence-electron chi connectivity index (χ1n) is 5.16. The van der Waals surface area contributed by atoms with Gasteiger partial charge in [0.05, 0.1) is 10.5 Å². The molecule has 0 atom stereocenters. The zero-order chi connectivity index (χ0) is 11.8. The van der Waals surface area contributed by atoms with E-state index < -0.39 is 0 Å². The molecule has 0 spiro atoms. The SMILES string of the molecule is Cc1cnc2nc(-c3ccncc3Cl)[nH]c2c1. The fourth-order valence-electron chi connectivity index (χ4n) is 1.70. The van der Waals surface area contributed by atoms with Crippen molar-refractivity contribution in [2.75, 3.05) is 0 Å². The predicted molar refractivity (Wildman–Crippen MR) is 66.9 cm³/mol. The topological polar surface area (TPSA) is 54.5 Å². The lowest BCUT2D eigenvalue weighted by molar-refractivity contribution is 1.27. The van der Waals surface area contributed by atoms with Gasteiger partial charge in [0.2, 0.25) is 0 Å². The van der Waals surface area contributed by atoms with Crippen molar-refractivity contribution in [2.45, 2.75) is 6.92 Å². The molecule has 3 rings (SSSR count). The first-order valence-corrected chi connectivity index (χ1v) is 5.54. The van der Waals surface area contributed by atoms with Crippen LogP contribution in [-0.2, 0) is 0 Å². The highest BCUT2D eigenvalue weighted by Gasteiger charge is 2.09. The molecule has 4 nitrogen and oxygen atoms in total. The van der Waals surface area contributed by atoms with Gasteiger partial charge in [0.1, 0.15) is 5.82 Å². The third kappa shape index (κ3) is 1.76. The second-order valence-corrected chi connectivity index (χ2v) is 4.23. The monoisotopic (exact) mass is 244 g/mol. The molecule has 0 bridgehead atoms. The van der Waals surface area contributed by atoms with E-state index in [4.69, 9.17) is 11.6 Å². The zero-order valence-electron chi connectivity index (χ0n) is 9.11. The standard InChI is InChI=1S/C12H9ClN4/c1-7-4-10-12(15-5-7)17-11(16-10)8-2-3-14-6-9(8)13/h2-6H,1H3,(H,15,16,17). The smallest absolute Gasteiger partial charge is 0.178 e. The lowest BCUT2D eigenvalue weighted by Gasteiger charge is -1.97. The molecule has 0 aliphatic heterocycles. The molecule has 0 aliphatic rings. The largest absolute Gasteiger partial charge is 0.337 e. The summed E-state index contributed by atoms with van der Waals surface area (Å²) in [5, 5.41) is 0.572. The molecule has 1 N–H and O–H groups in total. The molecule has 0 unspecified atom stereocenters. The van der Waals surface area contributed by atoms with E-state index in [9.17, 15) is 0 Å². The second kappa shape index (κ2) is 3.82. The van der Waals surface area contributed by atoms with Gasteiger partial charge in [0.25, 0.3) is 0 Å². The number of aromatic nitrogens is 4. The van der Waals surface area contributed by atoms with Gasteiger partial charge in [-0.05, 0) is 24.6 Å². The number of hydrogen-bond acceptors (Lipinski definition) is 3. The van der Waals surface area contributed by atoms with E-state index >= 15 is 0 Å². The van der Waals surface area contributed by atoms with Gasteiger partial charge in [-0.15, -0.1) is 0 Å². The Bertz CT molecular complexity index is 690. The Labute approximate surface area is 103 Å². The number of hydrogen-bond donors (Lipinski definition) is 1. The lowest BCUT2D eigenvalue weighted by atomic mass is 10.2. The van der Waals surface area contributed by atoms with Crippen LogP contribution in [0.2, 0.25) is 5.02 Å². The third-order valence-corrected chi connectivity index (χ3v) is 2.80. The number of halogens is 1. The van der Waals surface area contributed by atoms with Gasteiger partial charge >= 0.3 is 0 Å². The van der Waals surface area contributed by atoms with Gasteiger partial charge in [-0.1, -0.05) is 11.6 Å². The van der Waals surface area contributed by atoms with Crippen LogP contribution in [0.1, 0.15) is 5.56 Å². The summed E-state index contributed by atoms with van der Waals surface area (Å²) in [5.41, 5.74) is 3.53. The summed E-state index contributed by atoms with van der Waals surface area (Å²) < 4.78 is 0. The molecule has 5 heteroatoms. The van der Waals surface area contributed by atoms with E-state index in [1.807, 2.05) is 19.1 Å². The van der Waals surface area contributed by atoms with Crippen molar-refractivity contribution in [2.24, 2.45) is 0 Å². The molecule has 0 aromatic carbocycles. The van der Waals surface area contributed by atoms with Crippen molar-refractivity contribution in [1.29, 1.82) is 0 Å². The molecule has 84 valence electrons. The quantitative estimate of drug-likeness (QED) is 0.716. The highest BCUT2D eigenvalue weighted by molar-refractivity contribution is 6.33. The van der Waals surface area contributed by atoms with Crippen LogP contribution in [-0.4, -0.2) is 19.9 Å². The van der Waals surface area contributed by atoms with Gasteiger partial charge in [-0.3, -0.25) is 4.98 Å². The van der Waals surface area contributed by atoms with Crippen LogP contribution < -0.4 is 0 Å². The van der Waals surface area contributed by atoms with Gasteiger partial charge in [0, 0.05) is 24.2 Å². The average Bonchev–Trinajstić information content (AvgIpc) is 2.72. The summed E-state index contributed by atoms with van der Waals surface area (Å²) in [5.74, 6) is 0.713. The average molecular weight is 245 g/mol. The van der Waals surface area contributed by atoms with Crippen LogP contribution in [0.25, 0.3) is 22.6 Å². The molecule has 3 aromatic rings. The van der Waals surface area contributed by atoms with Gasteiger partial charge in [0.15, 0.2) is 5.65 Å². The van der Waals surface area contributed by atoms with Crippen LogP contribution in [0.3, 0.4) is 0 Å². The molecule has 0 fully saturated rings. The van der Waals surface area contributed by atoms with Crippen molar-refractivity contribution in [3.8, 4) is 11.4 Å². The van der Waals surface area contributed by atoms with Gasteiger partial charge < -0.3 is 4.98 Å². The Morgan fingerprint density at radius 1 is 1.29 bits per heavy atom. The summed E-state index contributed by atoms with van der Waals surface area (Å²) in [4.78, 5) is 15.8. The molecule has 3 heterocycles. The number of rotatable bonds is 1. The number of fused-ring (bicyclic) bond motifs is 1. The van der Waals surface area contributed by atoms with Crippen molar-refractivity contribution in [1.82, 2.24) is 19.9 Å². The molecule has 0 aliphatic carbocycles. The molecule has 0 saturated heterocycles. The van der Waals surface area contributed by atoms with Crippen LogP contribution in [0.15, 0.2) is 30.7 Å². The van der Waals surface area contributed by atoms with Crippen molar-refractivity contribution in [3.05, 3.63) is 41.3 Å². The van der Waals surface area contributed by atoms with E-state index in [1.165, 1.54) is 0 Å². The molecule has 3 aromatic heterocycles. The normalized spacial score (nSPS) is 10.9. The Hall–Kier alpha value is -1.94. The van der Waals surface area contributed by atoms with E-state index in [0.29, 0.717) is 16.5 Å². The van der Waals surface area contributed by atoms with Gasteiger partial charge in [-0.25, -0.2) is 9.97 Å². The second-order valence-electron chi connectivity index (χ2n) is 3.82. The highest BCUT2D eigenvalue weighted by Crippen LogP contribution is 2.25. The van der Waals surface area contributed by atoms with Crippen LogP contribution in [0.5, 0.6) is 0 Å². The first-order chi connectivity index (χ1) is 8.24. The molecule has 0 radical (unpaired) electrons. The van der Waals surface area contributed by atoms with E-state index in [2.05, 4.69) is 19.9 Å². The number of aromatic amines is 1. The summed E-state index contributed by atoms with van der Waals surface area (Å²) in [6.45, 7) is 1.99. The van der Waals surface area contributed by atoms with Gasteiger partial charge in [-0.2, -0.15) is 0 Å². The van der Waals surface area contributed by atoms with Crippen molar-refractivity contribution >= 4 is 22.8 Å². The van der Waals surface area contributed by atoms with Crippen LogP contribution in [0.4, 0.5) is 0 Å². The number of nitrogens with one attached hydrogen (secondary N) is 1. The first kappa shape index (κ1) is 10.2. The van der Waals surface area contributed by atoms with Crippen molar-refractivity contribution in [3.63, 3.8) is 0 Å². The van der Waals surface area contributed by atoms with Crippen LogP contribution in [0, 0.1) is 6.92 Å². The minimum absolute atomic E-state index is 0.572. The lowest BCUT2D eigenvalue weighted by Crippen LogP contribution is -1.82. The summed E-state index contributed by atoms with van der Waals surface area (Å²) in [6, 6.07) is 3.83. The molecule has 0 saturated carbocycles. The zero-order valence-corrected chi connectivity index (χ0v) is 9.86. The van der Waals surface area contributed by atoms with Crippen molar-refractivity contribution < 1.29 is 0 Å². The molecule has 17 heavy (non-hydrogen) atoms. The van der Waals surface area contributed by atoms with E-state index in [0.717, 1.165) is 16.6 Å². The predicted octanol–water partition coefficient (Wildman–Crippen LogP) is 2.98. The Morgan fingerprint density at radius 3 is 3.00 bits per heavy atom. The molecular weight excluding hydrogens is 236 g/mol. The van der Waals surface area contributed by atoms with Crippen LogP contribution >= 0.6 is 11.6 Å². The summed E-state index contributed by atoms with van der Waals surface area (Å²) in [7, 11) is 0. The minimum Gasteiger partial charge on any atom is -0.337 e. The Morgan fingerprint density at radius 2 is 2.18 bits per heavy atom. The maximum atomic E-state index is 6.07. The number of pyridine rings is 2. The Balaban J connectivity index is 2.22. The Kier molecular flexibility index (Phi) is 2.30. The van der Waals surface area contributed by atoms with E-state index in [-0.39, 0.29) is 0 Å². The fraction of sp³-hybridized carbons (Fsp3) is 0.0833. The summed E-state index contributed by atoms with van der Waals surface area (Å²) in [6.07, 6.45) is 5.08. The number of imidazole rings is 1. The fourth-order valence-corrected chi connectivity index (χ4v) is 1.91. The number of aryl methyl sites for hydroxylation is 1.